The number of carbonyl (C=O) groups is 2. The summed E-state index contributed by atoms with van der Waals surface area (Å²) in [6, 6.07) is 17.2. The Balaban J connectivity index is 2.00. The molecule has 174 valence electrons. The third-order valence-electron chi connectivity index (χ3n) is 6.38. The summed E-state index contributed by atoms with van der Waals surface area (Å²) in [5, 5.41) is 11.4. The van der Waals surface area contributed by atoms with Gasteiger partial charge in [-0.3, -0.25) is 14.5 Å². The van der Waals surface area contributed by atoms with E-state index in [4.69, 9.17) is 9.47 Å². The minimum atomic E-state index is -0.822. The van der Waals surface area contributed by atoms with Crippen LogP contribution >= 0.6 is 0 Å². The molecule has 1 aliphatic heterocycles. The quantitative estimate of drug-likeness (QED) is 0.322. The summed E-state index contributed by atoms with van der Waals surface area (Å²) >= 11 is 0. The molecular weight excluding hydrogens is 430 g/mol. The number of ketones is 1. The second-order valence-corrected chi connectivity index (χ2v) is 8.35. The van der Waals surface area contributed by atoms with Crippen LogP contribution in [0.15, 0.2) is 66.2 Å². The average molecular weight is 458 g/mol. The molecule has 0 aliphatic carbocycles. The number of ether oxygens (including phenoxy) is 2. The highest BCUT2D eigenvalue weighted by molar-refractivity contribution is 6.51. The third-order valence-corrected chi connectivity index (χ3v) is 6.38. The summed E-state index contributed by atoms with van der Waals surface area (Å²) in [5.74, 6) is -0.422. The number of methoxy groups -OCH3 is 2. The van der Waals surface area contributed by atoms with Crippen molar-refractivity contribution in [3.05, 3.63) is 94.1 Å². The van der Waals surface area contributed by atoms with Crippen molar-refractivity contribution in [1.29, 1.82) is 0 Å². The Morgan fingerprint density at radius 3 is 2.21 bits per heavy atom. The number of hydrogen-bond donors (Lipinski definition) is 1. The summed E-state index contributed by atoms with van der Waals surface area (Å²) in [6.07, 6.45) is 0. The predicted octanol–water partition coefficient (Wildman–Crippen LogP) is 5.26. The number of aryl methyl sites for hydroxylation is 2. The second kappa shape index (κ2) is 9.06. The third kappa shape index (κ3) is 3.81. The summed E-state index contributed by atoms with van der Waals surface area (Å²) in [5.41, 5.74) is 4.39. The van der Waals surface area contributed by atoms with E-state index in [-0.39, 0.29) is 11.3 Å². The van der Waals surface area contributed by atoms with Gasteiger partial charge in [0.2, 0.25) is 0 Å². The van der Waals surface area contributed by atoms with Gasteiger partial charge in [-0.1, -0.05) is 24.3 Å². The van der Waals surface area contributed by atoms with Crippen LogP contribution in [0.1, 0.15) is 33.9 Å². The van der Waals surface area contributed by atoms with Gasteiger partial charge in [0.05, 0.1) is 25.8 Å². The van der Waals surface area contributed by atoms with Crippen molar-refractivity contribution in [3.63, 3.8) is 0 Å². The standard InChI is InChI=1S/C28H27NO5/c1-16-8-6-11-23(18(16)3)29-25(19-9-7-10-20(15-19)33-4)24(27(31)28(29)32)26(30)22-13-12-21(34-5)14-17(22)2/h6-15,25,30H,1-5H3/b26-24+. The number of amides is 1. The van der Waals surface area contributed by atoms with Gasteiger partial charge in [0.15, 0.2) is 0 Å². The van der Waals surface area contributed by atoms with Gasteiger partial charge >= 0.3 is 0 Å². The Morgan fingerprint density at radius 2 is 1.53 bits per heavy atom. The number of anilines is 1. The van der Waals surface area contributed by atoms with E-state index in [1.165, 1.54) is 4.90 Å². The Hall–Kier alpha value is -4.06. The fourth-order valence-corrected chi connectivity index (χ4v) is 4.38. The van der Waals surface area contributed by atoms with Gasteiger partial charge < -0.3 is 14.6 Å². The largest absolute Gasteiger partial charge is 0.507 e. The molecule has 34 heavy (non-hydrogen) atoms. The van der Waals surface area contributed by atoms with Crippen LogP contribution in [0.25, 0.3) is 5.76 Å². The lowest BCUT2D eigenvalue weighted by Gasteiger charge is -2.27. The van der Waals surface area contributed by atoms with Gasteiger partial charge in [0, 0.05) is 11.3 Å². The highest BCUT2D eigenvalue weighted by Gasteiger charge is 2.47. The van der Waals surface area contributed by atoms with Crippen molar-refractivity contribution in [1.82, 2.24) is 0 Å². The van der Waals surface area contributed by atoms with Crippen LogP contribution in [0.4, 0.5) is 5.69 Å². The highest BCUT2D eigenvalue weighted by atomic mass is 16.5. The zero-order valence-corrected chi connectivity index (χ0v) is 19.9. The Morgan fingerprint density at radius 1 is 0.853 bits per heavy atom. The van der Waals surface area contributed by atoms with Crippen molar-refractivity contribution in [3.8, 4) is 11.5 Å². The van der Waals surface area contributed by atoms with Crippen LogP contribution in [-0.2, 0) is 9.59 Å². The van der Waals surface area contributed by atoms with Gasteiger partial charge in [0.1, 0.15) is 17.3 Å². The van der Waals surface area contributed by atoms with Crippen molar-refractivity contribution >= 4 is 23.1 Å². The van der Waals surface area contributed by atoms with Crippen LogP contribution < -0.4 is 14.4 Å². The minimum Gasteiger partial charge on any atom is -0.507 e. The lowest BCUT2D eigenvalue weighted by Crippen LogP contribution is -2.30. The van der Waals surface area contributed by atoms with E-state index < -0.39 is 17.7 Å². The van der Waals surface area contributed by atoms with E-state index in [0.717, 1.165) is 16.7 Å². The Kier molecular flexibility index (Phi) is 6.16. The zero-order chi connectivity index (χ0) is 24.6. The molecule has 0 saturated carbocycles. The summed E-state index contributed by atoms with van der Waals surface area (Å²) < 4.78 is 10.7. The van der Waals surface area contributed by atoms with Crippen molar-refractivity contribution in [2.45, 2.75) is 26.8 Å². The van der Waals surface area contributed by atoms with Gasteiger partial charge in [-0.2, -0.15) is 0 Å². The fourth-order valence-electron chi connectivity index (χ4n) is 4.38. The number of aliphatic hydroxyl groups excluding tert-OH is 1. The molecule has 1 heterocycles. The number of nitrogens with zero attached hydrogens (tertiary/aromatic N) is 1. The van der Waals surface area contributed by atoms with Crippen LogP contribution in [0.5, 0.6) is 11.5 Å². The second-order valence-electron chi connectivity index (χ2n) is 8.35. The molecule has 1 aliphatic rings. The molecule has 3 aromatic carbocycles. The lowest BCUT2D eigenvalue weighted by atomic mass is 9.93. The van der Waals surface area contributed by atoms with Crippen molar-refractivity contribution in [2.75, 3.05) is 19.1 Å². The molecule has 1 N–H and O–H groups in total. The van der Waals surface area contributed by atoms with Crippen LogP contribution in [0.2, 0.25) is 0 Å². The van der Waals surface area contributed by atoms with E-state index in [1.807, 2.05) is 45.0 Å². The molecule has 1 fully saturated rings. The molecule has 1 atom stereocenters. The zero-order valence-electron chi connectivity index (χ0n) is 19.9. The molecule has 6 nitrogen and oxygen atoms in total. The molecular formula is C28H27NO5. The smallest absolute Gasteiger partial charge is 0.300 e. The maximum Gasteiger partial charge on any atom is 0.300 e. The molecule has 3 aromatic rings. The Bertz CT molecular complexity index is 1320. The molecule has 1 saturated heterocycles. The topological polar surface area (TPSA) is 76.1 Å². The number of rotatable bonds is 5. The van der Waals surface area contributed by atoms with Gasteiger partial charge in [-0.25, -0.2) is 0 Å². The molecule has 4 rings (SSSR count). The van der Waals surface area contributed by atoms with Crippen LogP contribution in [0.3, 0.4) is 0 Å². The first kappa shape index (κ1) is 23.1. The summed E-state index contributed by atoms with van der Waals surface area (Å²) in [4.78, 5) is 28.3. The monoisotopic (exact) mass is 457 g/mol. The fraction of sp³-hybridized carbons (Fsp3) is 0.214. The number of benzene rings is 3. The lowest BCUT2D eigenvalue weighted by molar-refractivity contribution is -0.132. The Labute approximate surface area is 199 Å². The molecule has 0 aromatic heterocycles. The molecule has 0 spiro atoms. The predicted molar refractivity (Wildman–Crippen MR) is 131 cm³/mol. The van der Waals surface area contributed by atoms with E-state index >= 15 is 0 Å². The van der Waals surface area contributed by atoms with E-state index in [2.05, 4.69) is 0 Å². The molecule has 0 radical (unpaired) electrons. The van der Waals surface area contributed by atoms with Gasteiger partial charge in [0.25, 0.3) is 11.7 Å². The molecule has 0 bridgehead atoms. The van der Waals surface area contributed by atoms with Gasteiger partial charge in [-0.15, -0.1) is 0 Å². The van der Waals surface area contributed by atoms with Crippen molar-refractivity contribution in [2.24, 2.45) is 0 Å². The summed E-state index contributed by atoms with van der Waals surface area (Å²) in [6.45, 7) is 5.69. The molecule has 1 unspecified atom stereocenters. The van der Waals surface area contributed by atoms with Crippen LogP contribution in [-0.4, -0.2) is 31.0 Å². The minimum absolute atomic E-state index is 0.0347. The molecule has 1 amide bonds. The van der Waals surface area contributed by atoms with Crippen molar-refractivity contribution < 1.29 is 24.2 Å². The highest BCUT2D eigenvalue weighted by Crippen LogP contribution is 2.44. The normalized spacial score (nSPS) is 17.2. The first-order chi connectivity index (χ1) is 16.3. The SMILES string of the molecule is COc1cccc(C2/C(=C(\O)c3ccc(OC)cc3C)C(=O)C(=O)N2c2cccc(C)c2C)c1. The number of aliphatic hydroxyl groups is 1. The summed E-state index contributed by atoms with van der Waals surface area (Å²) in [7, 11) is 3.12. The average Bonchev–Trinajstić information content (AvgIpc) is 3.10. The van der Waals surface area contributed by atoms with E-state index in [0.29, 0.717) is 28.3 Å². The van der Waals surface area contributed by atoms with Crippen LogP contribution in [0, 0.1) is 20.8 Å². The number of hydrogen-bond acceptors (Lipinski definition) is 5. The first-order valence-corrected chi connectivity index (χ1v) is 10.9. The maximum atomic E-state index is 13.4. The molecule has 6 heteroatoms. The van der Waals surface area contributed by atoms with Gasteiger partial charge in [-0.05, 0) is 79.4 Å². The van der Waals surface area contributed by atoms with E-state index in [1.54, 1.807) is 50.6 Å². The number of Topliss-reactive ketones (excluding diaryl/α,β-unsaturated/α-hetero) is 1. The van der Waals surface area contributed by atoms with E-state index in [9.17, 15) is 14.7 Å². The number of carbonyl (C=O) groups excluding carboxylic acids is 2. The maximum absolute atomic E-state index is 13.4. The first-order valence-electron chi connectivity index (χ1n) is 10.9.